The SMILES string of the molecule is C=CCN(CC=C)S(=O)(=O)N1CCCC(CNC2CC2)C1. The first kappa shape index (κ1) is 16.7. The van der Waals surface area contributed by atoms with E-state index in [1.54, 1.807) is 16.5 Å². The summed E-state index contributed by atoms with van der Waals surface area (Å²) in [5, 5.41) is 3.51. The van der Waals surface area contributed by atoms with Gasteiger partial charge in [0.1, 0.15) is 0 Å². The fraction of sp³-hybridized carbons (Fsp3) is 0.733. The van der Waals surface area contributed by atoms with Crippen LogP contribution in [0.15, 0.2) is 25.3 Å². The van der Waals surface area contributed by atoms with E-state index in [4.69, 9.17) is 0 Å². The van der Waals surface area contributed by atoms with E-state index in [0.29, 0.717) is 38.1 Å². The van der Waals surface area contributed by atoms with Crippen LogP contribution in [-0.2, 0) is 10.2 Å². The van der Waals surface area contributed by atoms with Gasteiger partial charge in [-0.1, -0.05) is 12.2 Å². The number of nitrogens with zero attached hydrogens (tertiary/aromatic N) is 2. The van der Waals surface area contributed by atoms with E-state index < -0.39 is 10.2 Å². The van der Waals surface area contributed by atoms with Crippen LogP contribution in [0.3, 0.4) is 0 Å². The summed E-state index contributed by atoms with van der Waals surface area (Å²) < 4.78 is 28.5. The molecule has 0 aromatic rings. The third-order valence-electron chi connectivity index (χ3n) is 4.07. The molecule has 1 aliphatic carbocycles. The fourth-order valence-electron chi connectivity index (χ4n) is 2.74. The molecule has 1 N–H and O–H groups in total. The molecule has 120 valence electrons. The zero-order valence-electron chi connectivity index (χ0n) is 12.7. The van der Waals surface area contributed by atoms with Crippen molar-refractivity contribution in [2.75, 3.05) is 32.7 Å². The highest BCUT2D eigenvalue weighted by Crippen LogP contribution is 2.23. The summed E-state index contributed by atoms with van der Waals surface area (Å²) in [6, 6.07) is 0.676. The van der Waals surface area contributed by atoms with Crippen molar-refractivity contribution < 1.29 is 8.42 Å². The van der Waals surface area contributed by atoms with Gasteiger partial charge in [-0.15, -0.1) is 13.2 Å². The maximum absolute atomic E-state index is 12.7. The van der Waals surface area contributed by atoms with Crippen LogP contribution in [0.4, 0.5) is 0 Å². The minimum Gasteiger partial charge on any atom is -0.314 e. The van der Waals surface area contributed by atoms with Crippen molar-refractivity contribution in [3.63, 3.8) is 0 Å². The average Bonchev–Trinajstić information content (AvgIpc) is 3.29. The Labute approximate surface area is 128 Å². The van der Waals surface area contributed by atoms with Crippen molar-refractivity contribution in [3.8, 4) is 0 Å². The third-order valence-corrected chi connectivity index (χ3v) is 6.01. The second-order valence-corrected chi connectivity index (χ2v) is 7.88. The summed E-state index contributed by atoms with van der Waals surface area (Å²) in [4.78, 5) is 0. The first-order valence-electron chi connectivity index (χ1n) is 7.78. The van der Waals surface area contributed by atoms with E-state index in [0.717, 1.165) is 19.4 Å². The van der Waals surface area contributed by atoms with Gasteiger partial charge in [0.25, 0.3) is 10.2 Å². The molecule has 1 atom stereocenters. The molecule has 0 aromatic heterocycles. The number of nitrogens with one attached hydrogen (secondary N) is 1. The zero-order chi connectivity index (χ0) is 15.3. The van der Waals surface area contributed by atoms with Gasteiger partial charge in [-0.3, -0.25) is 0 Å². The summed E-state index contributed by atoms with van der Waals surface area (Å²) >= 11 is 0. The summed E-state index contributed by atoms with van der Waals surface area (Å²) in [6.45, 7) is 10.1. The lowest BCUT2D eigenvalue weighted by Gasteiger charge is -2.35. The summed E-state index contributed by atoms with van der Waals surface area (Å²) in [5.41, 5.74) is 0. The van der Waals surface area contributed by atoms with Crippen molar-refractivity contribution in [1.82, 2.24) is 13.9 Å². The van der Waals surface area contributed by atoms with Crippen LogP contribution in [0, 0.1) is 5.92 Å². The zero-order valence-corrected chi connectivity index (χ0v) is 13.5. The smallest absolute Gasteiger partial charge is 0.282 e. The van der Waals surface area contributed by atoms with Gasteiger partial charge < -0.3 is 5.32 Å². The largest absolute Gasteiger partial charge is 0.314 e. The minimum atomic E-state index is -3.41. The molecule has 6 heteroatoms. The van der Waals surface area contributed by atoms with Gasteiger partial charge in [-0.05, 0) is 38.1 Å². The van der Waals surface area contributed by atoms with Crippen LogP contribution in [0.5, 0.6) is 0 Å². The van der Waals surface area contributed by atoms with Gasteiger partial charge in [0.2, 0.25) is 0 Å². The molecule has 0 radical (unpaired) electrons. The highest BCUT2D eigenvalue weighted by atomic mass is 32.2. The molecule has 0 bridgehead atoms. The molecule has 21 heavy (non-hydrogen) atoms. The molecule has 2 rings (SSSR count). The Morgan fingerprint density at radius 1 is 1.19 bits per heavy atom. The lowest BCUT2D eigenvalue weighted by Crippen LogP contribution is -2.49. The predicted molar refractivity (Wildman–Crippen MR) is 86.2 cm³/mol. The van der Waals surface area contributed by atoms with Crippen LogP contribution in [0.1, 0.15) is 25.7 Å². The van der Waals surface area contributed by atoms with E-state index in [1.807, 2.05) is 0 Å². The lowest BCUT2D eigenvalue weighted by atomic mass is 10.00. The molecule has 0 aromatic carbocycles. The number of piperidine rings is 1. The van der Waals surface area contributed by atoms with Crippen LogP contribution >= 0.6 is 0 Å². The Kier molecular flexibility index (Phi) is 5.98. The quantitative estimate of drug-likeness (QED) is 0.654. The number of hydrogen-bond donors (Lipinski definition) is 1. The Bertz CT molecular complexity index is 450. The highest BCUT2D eigenvalue weighted by molar-refractivity contribution is 7.86. The van der Waals surface area contributed by atoms with E-state index in [1.165, 1.54) is 17.1 Å². The van der Waals surface area contributed by atoms with E-state index in [2.05, 4.69) is 18.5 Å². The topological polar surface area (TPSA) is 52.7 Å². The van der Waals surface area contributed by atoms with Crippen LogP contribution in [-0.4, -0.2) is 55.8 Å². The lowest BCUT2D eigenvalue weighted by molar-refractivity contribution is 0.246. The van der Waals surface area contributed by atoms with Gasteiger partial charge >= 0.3 is 0 Å². The van der Waals surface area contributed by atoms with E-state index in [-0.39, 0.29) is 0 Å². The standard InChI is InChI=1S/C15H27N3O2S/c1-3-9-17(10-4-2)21(19,20)18-11-5-6-14(13-18)12-16-15-7-8-15/h3-4,14-16H,1-2,5-13H2. The predicted octanol–water partition coefficient (Wildman–Crippen LogP) is 1.37. The molecular weight excluding hydrogens is 286 g/mol. The first-order valence-corrected chi connectivity index (χ1v) is 9.18. The highest BCUT2D eigenvalue weighted by Gasteiger charge is 2.33. The Morgan fingerprint density at radius 2 is 1.86 bits per heavy atom. The molecule has 1 unspecified atom stereocenters. The Hall–Kier alpha value is -0.690. The van der Waals surface area contributed by atoms with Crippen LogP contribution in [0.25, 0.3) is 0 Å². The van der Waals surface area contributed by atoms with E-state index >= 15 is 0 Å². The number of hydrogen-bond acceptors (Lipinski definition) is 3. The second-order valence-electron chi connectivity index (χ2n) is 5.95. The molecular formula is C15H27N3O2S. The number of rotatable bonds is 9. The molecule has 2 aliphatic rings. The average molecular weight is 313 g/mol. The molecule has 0 amide bonds. The van der Waals surface area contributed by atoms with Crippen molar-refractivity contribution in [2.45, 2.75) is 31.7 Å². The third kappa shape index (κ3) is 4.64. The maximum Gasteiger partial charge on any atom is 0.282 e. The second kappa shape index (κ2) is 7.54. The monoisotopic (exact) mass is 313 g/mol. The van der Waals surface area contributed by atoms with Crippen LogP contribution in [0.2, 0.25) is 0 Å². The molecule has 1 saturated heterocycles. The first-order chi connectivity index (χ1) is 10.1. The Balaban J connectivity index is 1.95. The van der Waals surface area contributed by atoms with Crippen molar-refractivity contribution in [2.24, 2.45) is 5.92 Å². The van der Waals surface area contributed by atoms with Gasteiger partial charge in [-0.2, -0.15) is 17.0 Å². The molecule has 5 nitrogen and oxygen atoms in total. The fourth-order valence-corrected chi connectivity index (χ4v) is 4.41. The Morgan fingerprint density at radius 3 is 2.43 bits per heavy atom. The van der Waals surface area contributed by atoms with Gasteiger partial charge in [0.05, 0.1) is 0 Å². The van der Waals surface area contributed by atoms with Crippen LogP contribution < -0.4 is 5.32 Å². The summed E-state index contributed by atoms with van der Waals surface area (Å²) in [5.74, 6) is 0.420. The van der Waals surface area contributed by atoms with Crippen molar-refractivity contribution in [3.05, 3.63) is 25.3 Å². The molecule has 1 saturated carbocycles. The summed E-state index contributed by atoms with van der Waals surface area (Å²) in [7, 11) is -3.41. The molecule has 0 spiro atoms. The van der Waals surface area contributed by atoms with Gasteiger partial charge in [0.15, 0.2) is 0 Å². The van der Waals surface area contributed by atoms with Gasteiger partial charge in [-0.25, -0.2) is 0 Å². The molecule has 2 fully saturated rings. The maximum atomic E-state index is 12.7. The normalized spacial score (nSPS) is 24.1. The summed E-state index contributed by atoms with van der Waals surface area (Å²) in [6.07, 6.45) is 7.82. The molecule has 1 aliphatic heterocycles. The molecule has 1 heterocycles. The van der Waals surface area contributed by atoms with E-state index in [9.17, 15) is 8.42 Å². The van der Waals surface area contributed by atoms with Gasteiger partial charge in [0, 0.05) is 32.2 Å². The van der Waals surface area contributed by atoms with Crippen molar-refractivity contribution >= 4 is 10.2 Å². The minimum absolute atomic E-state index is 0.329. The van der Waals surface area contributed by atoms with Crippen molar-refractivity contribution in [1.29, 1.82) is 0 Å².